The molecule has 0 saturated heterocycles. The van der Waals surface area contributed by atoms with E-state index in [0.717, 1.165) is 13.0 Å². The molecule has 102 valence electrons. The quantitative estimate of drug-likeness (QED) is 0.499. The maximum absolute atomic E-state index is 11.4. The van der Waals surface area contributed by atoms with Gasteiger partial charge in [-0.05, 0) is 13.3 Å². The summed E-state index contributed by atoms with van der Waals surface area (Å²) in [5, 5.41) is 4.17. The van der Waals surface area contributed by atoms with Gasteiger partial charge in [0.05, 0.1) is 18.4 Å². The summed E-state index contributed by atoms with van der Waals surface area (Å²) < 4.78 is 6.74. The van der Waals surface area contributed by atoms with Crippen molar-refractivity contribution < 1.29 is 9.53 Å². The molecular formula is C14H24N2O2. The van der Waals surface area contributed by atoms with Gasteiger partial charge in [0.25, 0.3) is 0 Å². The Kier molecular flexibility index (Phi) is 7.14. The molecule has 0 amide bonds. The lowest BCUT2D eigenvalue weighted by atomic mass is 10.1. The molecule has 0 aliphatic heterocycles. The Morgan fingerprint density at radius 3 is 2.67 bits per heavy atom. The fourth-order valence-electron chi connectivity index (χ4n) is 1.86. The number of aromatic nitrogens is 2. The van der Waals surface area contributed by atoms with Crippen LogP contribution in [0.2, 0.25) is 0 Å². The van der Waals surface area contributed by atoms with Gasteiger partial charge in [0, 0.05) is 12.7 Å². The van der Waals surface area contributed by atoms with Gasteiger partial charge in [-0.1, -0.05) is 39.0 Å². The van der Waals surface area contributed by atoms with Gasteiger partial charge in [-0.2, -0.15) is 5.10 Å². The molecule has 0 aromatic carbocycles. The second-order valence-corrected chi connectivity index (χ2v) is 4.48. The Hall–Kier alpha value is -1.32. The molecule has 0 fully saturated rings. The van der Waals surface area contributed by atoms with Crippen molar-refractivity contribution in [1.29, 1.82) is 0 Å². The molecule has 0 atom stereocenters. The highest BCUT2D eigenvalue weighted by atomic mass is 16.5. The third kappa shape index (κ3) is 5.34. The van der Waals surface area contributed by atoms with Crippen molar-refractivity contribution >= 4 is 5.97 Å². The summed E-state index contributed by atoms with van der Waals surface area (Å²) in [6.07, 6.45) is 10.9. The average Bonchev–Trinajstić information content (AvgIpc) is 2.83. The largest absolute Gasteiger partial charge is 0.462 e. The number of unbranched alkanes of at least 4 members (excludes halogenated alkanes) is 5. The van der Waals surface area contributed by atoms with Crippen LogP contribution in [0.15, 0.2) is 12.4 Å². The number of nitrogens with zero attached hydrogens (tertiary/aromatic N) is 2. The molecule has 1 heterocycles. The van der Waals surface area contributed by atoms with Crippen molar-refractivity contribution in [3.8, 4) is 0 Å². The molecule has 0 saturated carbocycles. The van der Waals surface area contributed by atoms with Gasteiger partial charge in [-0.15, -0.1) is 0 Å². The van der Waals surface area contributed by atoms with Gasteiger partial charge >= 0.3 is 5.97 Å². The van der Waals surface area contributed by atoms with Crippen molar-refractivity contribution in [2.75, 3.05) is 6.61 Å². The highest BCUT2D eigenvalue weighted by molar-refractivity contribution is 5.88. The van der Waals surface area contributed by atoms with Crippen molar-refractivity contribution in [2.45, 2.75) is 58.9 Å². The van der Waals surface area contributed by atoms with Crippen LogP contribution in [0.25, 0.3) is 0 Å². The SMILES string of the molecule is CCCCCCCCn1cc(C(=O)OCC)cn1. The number of esters is 1. The molecule has 1 rings (SSSR count). The Morgan fingerprint density at radius 2 is 1.94 bits per heavy atom. The predicted molar refractivity (Wildman–Crippen MR) is 71.6 cm³/mol. The number of ether oxygens (including phenoxy) is 1. The highest BCUT2D eigenvalue weighted by Crippen LogP contribution is 2.07. The zero-order chi connectivity index (χ0) is 13.2. The minimum absolute atomic E-state index is 0.285. The predicted octanol–water partition coefficient (Wildman–Crippen LogP) is 3.42. The maximum Gasteiger partial charge on any atom is 0.341 e. The molecule has 1 aromatic heterocycles. The van der Waals surface area contributed by atoms with Crippen LogP contribution >= 0.6 is 0 Å². The van der Waals surface area contributed by atoms with Gasteiger partial charge in [-0.3, -0.25) is 4.68 Å². The van der Waals surface area contributed by atoms with Crippen LogP contribution in [-0.4, -0.2) is 22.4 Å². The van der Waals surface area contributed by atoms with E-state index in [9.17, 15) is 4.79 Å². The van der Waals surface area contributed by atoms with E-state index in [1.807, 2.05) is 4.68 Å². The Labute approximate surface area is 109 Å². The lowest BCUT2D eigenvalue weighted by Crippen LogP contribution is -2.03. The van der Waals surface area contributed by atoms with Gasteiger partial charge < -0.3 is 4.74 Å². The fraction of sp³-hybridized carbons (Fsp3) is 0.714. The summed E-state index contributed by atoms with van der Waals surface area (Å²) in [6.45, 7) is 5.31. The summed E-state index contributed by atoms with van der Waals surface area (Å²) in [6, 6.07) is 0. The molecule has 0 unspecified atom stereocenters. The van der Waals surface area contributed by atoms with Crippen LogP contribution in [0, 0.1) is 0 Å². The van der Waals surface area contributed by atoms with Crippen molar-refractivity contribution in [2.24, 2.45) is 0 Å². The molecule has 0 bridgehead atoms. The van der Waals surface area contributed by atoms with Gasteiger partial charge in [0.15, 0.2) is 0 Å². The van der Waals surface area contributed by atoms with Gasteiger partial charge in [0.1, 0.15) is 0 Å². The van der Waals surface area contributed by atoms with E-state index in [2.05, 4.69) is 12.0 Å². The second-order valence-electron chi connectivity index (χ2n) is 4.48. The van der Waals surface area contributed by atoms with Crippen molar-refractivity contribution in [1.82, 2.24) is 9.78 Å². The minimum atomic E-state index is -0.285. The van der Waals surface area contributed by atoms with E-state index < -0.39 is 0 Å². The lowest BCUT2D eigenvalue weighted by Gasteiger charge is -2.01. The first-order valence-electron chi connectivity index (χ1n) is 6.97. The van der Waals surface area contributed by atoms with E-state index in [-0.39, 0.29) is 5.97 Å². The van der Waals surface area contributed by atoms with E-state index in [4.69, 9.17) is 4.74 Å². The van der Waals surface area contributed by atoms with Crippen LogP contribution in [0.5, 0.6) is 0 Å². The Morgan fingerprint density at radius 1 is 1.22 bits per heavy atom. The summed E-state index contributed by atoms with van der Waals surface area (Å²) in [4.78, 5) is 11.4. The first kappa shape index (κ1) is 14.7. The first-order valence-corrected chi connectivity index (χ1v) is 6.97. The monoisotopic (exact) mass is 252 g/mol. The van der Waals surface area contributed by atoms with E-state index >= 15 is 0 Å². The molecule has 0 radical (unpaired) electrons. The van der Waals surface area contributed by atoms with E-state index in [1.165, 1.54) is 32.1 Å². The smallest absolute Gasteiger partial charge is 0.341 e. The van der Waals surface area contributed by atoms with Gasteiger partial charge in [0.2, 0.25) is 0 Å². The standard InChI is InChI=1S/C14H24N2O2/c1-3-5-6-7-8-9-10-16-12-13(11-15-16)14(17)18-4-2/h11-12H,3-10H2,1-2H3. The maximum atomic E-state index is 11.4. The van der Waals surface area contributed by atoms with Crippen LogP contribution in [0.1, 0.15) is 62.7 Å². The van der Waals surface area contributed by atoms with Crippen LogP contribution in [0.3, 0.4) is 0 Å². The Balaban J connectivity index is 2.21. The van der Waals surface area contributed by atoms with Crippen molar-refractivity contribution in [3.05, 3.63) is 18.0 Å². The minimum Gasteiger partial charge on any atom is -0.462 e. The third-order valence-electron chi connectivity index (χ3n) is 2.89. The normalized spacial score (nSPS) is 10.6. The number of hydrogen-bond donors (Lipinski definition) is 0. The third-order valence-corrected chi connectivity index (χ3v) is 2.89. The number of rotatable bonds is 9. The number of hydrogen-bond acceptors (Lipinski definition) is 3. The summed E-state index contributed by atoms with van der Waals surface area (Å²) in [5.74, 6) is -0.285. The van der Waals surface area contributed by atoms with Crippen LogP contribution in [0.4, 0.5) is 0 Å². The zero-order valence-corrected chi connectivity index (χ0v) is 11.5. The molecule has 0 N–H and O–H groups in total. The highest BCUT2D eigenvalue weighted by Gasteiger charge is 2.08. The van der Waals surface area contributed by atoms with Crippen molar-refractivity contribution in [3.63, 3.8) is 0 Å². The molecule has 18 heavy (non-hydrogen) atoms. The number of aryl methyl sites for hydroxylation is 1. The molecule has 0 aliphatic rings. The Bertz CT molecular complexity index is 347. The topological polar surface area (TPSA) is 44.1 Å². The van der Waals surface area contributed by atoms with Crippen LogP contribution in [-0.2, 0) is 11.3 Å². The van der Waals surface area contributed by atoms with E-state index in [1.54, 1.807) is 19.3 Å². The fourth-order valence-corrected chi connectivity index (χ4v) is 1.86. The summed E-state index contributed by atoms with van der Waals surface area (Å²) >= 11 is 0. The summed E-state index contributed by atoms with van der Waals surface area (Å²) in [7, 11) is 0. The van der Waals surface area contributed by atoms with Gasteiger partial charge in [-0.25, -0.2) is 4.79 Å². The average molecular weight is 252 g/mol. The number of carbonyl (C=O) groups excluding carboxylic acids is 1. The second kappa shape index (κ2) is 8.72. The molecule has 4 heteroatoms. The molecule has 1 aromatic rings. The molecular weight excluding hydrogens is 228 g/mol. The molecule has 0 spiro atoms. The zero-order valence-electron chi connectivity index (χ0n) is 11.5. The summed E-state index contributed by atoms with van der Waals surface area (Å²) in [5.41, 5.74) is 0.544. The molecule has 4 nitrogen and oxygen atoms in total. The molecule has 0 aliphatic carbocycles. The lowest BCUT2D eigenvalue weighted by molar-refractivity contribution is 0.0526. The van der Waals surface area contributed by atoms with E-state index in [0.29, 0.717) is 12.2 Å². The van der Waals surface area contributed by atoms with Crippen LogP contribution < -0.4 is 0 Å². The number of carbonyl (C=O) groups is 1. The first-order chi connectivity index (χ1) is 8.77.